The first-order valence-corrected chi connectivity index (χ1v) is 7.01. The molecule has 0 heterocycles. The van der Waals surface area contributed by atoms with Gasteiger partial charge in [0, 0.05) is 11.1 Å². The van der Waals surface area contributed by atoms with E-state index in [4.69, 9.17) is 4.99 Å². The minimum Gasteiger partial charge on any atom is -0.278 e. The molecule has 0 fully saturated rings. The molecule has 0 saturated heterocycles. The van der Waals surface area contributed by atoms with E-state index in [9.17, 15) is 0 Å². The largest absolute Gasteiger partial charge is 0.278 e. The van der Waals surface area contributed by atoms with Gasteiger partial charge in [0.1, 0.15) is 0 Å². The maximum absolute atomic E-state index is 4.96. The first kappa shape index (κ1) is 12.9. The quantitative estimate of drug-likeness (QED) is 0.697. The monoisotopic (exact) mass is 261 g/mol. The SMILES string of the molecule is CC(C)(C)N=C1C(c2ccccc2)=Cc2ccccc21. The smallest absolute Gasteiger partial charge is 0.0737 e. The zero-order valence-corrected chi connectivity index (χ0v) is 12.2. The summed E-state index contributed by atoms with van der Waals surface area (Å²) in [5.74, 6) is 0. The number of fused-ring (bicyclic) bond motifs is 1. The average molecular weight is 261 g/mol. The van der Waals surface area contributed by atoms with Gasteiger partial charge in [-0.1, -0.05) is 54.6 Å². The molecular weight excluding hydrogens is 242 g/mol. The Morgan fingerprint density at radius 1 is 0.800 bits per heavy atom. The number of nitrogens with zero attached hydrogens (tertiary/aromatic N) is 1. The molecule has 1 nitrogen and oxygen atoms in total. The summed E-state index contributed by atoms with van der Waals surface area (Å²) < 4.78 is 0. The van der Waals surface area contributed by atoms with Crippen molar-refractivity contribution in [1.82, 2.24) is 0 Å². The Labute approximate surface area is 120 Å². The minimum absolute atomic E-state index is 0.0827. The van der Waals surface area contributed by atoms with E-state index >= 15 is 0 Å². The molecule has 0 spiro atoms. The molecular formula is C19H19N. The van der Waals surface area contributed by atoms with E-state index in [0.717, 1.165) is 5.71 Å². The maximum atomic E-state index is 4.96. The van der Waals surface area contributed by atoms with Crippen LogP contribution in [0.15, 0.2) is 59.6 Å². The number of rotatable bonds is 1. The minimum atomic E-state index is -0.0827. The predicted octanol–water partition coefficient (Wildman–Crippen LogP) is 4.83. The number of hydrogen-bond donors (Lipinski definition) is 0. The van der Waals surface area contributed by atoms with Crippen LogP contribution in [0.1, 0.15) is 37.5 Å². The zero-order chi connectivity index (χ0) is 14.2. The predicted molar refractivity (Wildman–Crippen MR) is 87.0 cm³/mol. The fraction of sp³-hybridized carbons (Fsp3) is 0.211. The summed E-state index contributed by atoms with van der Waals surface area (Å²) in [5.41, 5.74) is 5.98. The molecule has 1 aliphatic rings. The molecule has 0 aromatic heterocycles. The summed E-state index contributed by atoms with van der Waals surface area (Å²) in [5, 5.41) is 0. The van der Waals surface area contributed by atoms with E-state index in [2.05, 4.69) is 75.4 Å². The van der Waals surface area contributed by atoms with Crippen molar-refractivity contribution < 1.29 is 0 Å². The summed E-state index contributed by atoms with van der Waals surface area (Å²) >= 11 is 0. The molecule has 0 atom stereocenters. The van der Waals surface area contributed by atoms with Gasteiger partial charge in [-0.25, -0.2) is 0 Å². The van der Waals surface area contributed by atoms with E-state index in [1.54, 1.807) is 0 Å². The molecule has 0 bridgehead atoms. The van der Waals surface area contributed by atoms with Crippen LogP contribution in [0.4, 0.5) is 0 Å². The van der Waals surface area contributed by atoms with Gasteiger partial charge in [0.25, 0.3) is 0 Å². The van der Waals surface area contributed by atoms with Gasteiger partial charge < -0.3 is 0 Å². The van der Waals surface area contributed by atoms with Gasteiger partial charge in [0.2, 0.25) is 0 Å². The summed E-state index contributed by atoms with van der Waals surface area (Å²) in [6.45, 7) is 6.43. The van der Waals surface area contributed by atoms with Crippen molar-refractivity contribution in [3.63, 3.8) is 0 Å². The van der Waals surface area contributed by atoms with Crippen LogP contribution in [0.5, 0.6) is 0 Å². The lowest BCUT2D eigenvalue weighted by Gasteiger charge is -2.16. The standard InChI is InChI=1S/C19H19N/c1-19(2,3)20-18-16-12-8-7-11-15(16)13-17(18)14-9-5-4-6-10-14/h4-13H,1-3H3. The average Bonchev–Trinajstić information content (AvgIpc) is 2.77. The molecule has 1 heteroatoms. The van der Waals surface area contributed by atoms with Crippen molar-refractivity contribution in [2.75, 3.05) is 0 Å². The lowest BCUT2D eigenvalue weighted by Crippen LogP contribution is -2.15. The highest BCUT2D eigenvalue weighted by atomic mass is 14.8. The lowest BCUT2D eigenvalue weighted by molar-refractivity contribution is 0.585. The van der Waals surface area contributed by atoms with Gasteiger partial charge in [-0.05, 0) is 38.0 Å². The molecule has 0 aliphatic heterocycles. The Balaban J connectivity index is 2.18. The highest BCUT2D eigenvalue weighted by molar-refractivity contribution is 6.39. The number of aliphatic imine (C=N–C) groups is 1. The van der Waals surface area contributed by atoms with Crippen LogP contribution in [-0.4, -0.2) is 11.3 Å². The van der Waals surface area contributed by atoms with Crippen molar-refractivity contribution in [1.29, 1.82) is 0 Å². The van der Waals surface area contributed by atoms with Crippen LogP contribution in [0.3, 0.4) is 0 Å². The third-order valence-corrected chi connectivity index (χ3v) is 3.30. The van der Waals surface area contributed by atoms with Crippen LogP contribution in [0.2, 0.25) is 0 Å². The van der Waals surface area contributed by atoms with E-state index in [0.29, 0.717) is 0 Å². The van der Waals surface area contributed by atoms with Crippen molar-refractivity contribution in [3.8, 4) is 0 Å². The highest BCUT2D eigenvalue weighted by Gasteiger charge is 2.23. The van der Waals surface area contributed by atoms with Gasteiger partial charge >= 0.3 is 0 Å². The number of benzene rings is 2. The van der Waals surface area contributed by atoms with Crippen molar-refractivity contribution in [2.24, 2.45) is 4.99 Å². The zero-order valence-electron chi connectivity index (χ0n) is 12.2. The molecule has 2 aromatic carbocycles. The molecule has 20 heavy (non-hydrogen) atoms. The summed E-state index contributed by atoms with van der Waals surface area (Å²) in [6.07, 6.45) is 2.25. The van der Waals surface area contributed by atoms with Crippen LogP contribution >= 0.6 is 0 Å². The second-order valence-corrected chi connectivity index (χ2v) is 6.14. The Kier molecular flexibility index (Phi) is 3.06. The molecule has 0 unspecified atom stereocenters. The van der Waals surface area contributed by atoms with Gasteiger partial charge in [-0.15, -0.1) is 0 Å². The molecule has 100 valence electrons. The maximum Gasteiger partial charge on any atom is 0.0737 e. The molecule has 3 rings (SSSR count). The number of hydrogen-bond acceptors (Lipinski definition) is 1. The molecule has 0 N–H and O–H groups in total. The Bertz CT molecular complexity index is 685. The van der Waals surface area contributed by atoms with Crippen molar-refractivity contribution in [3.05, 3.63) is 71.3 Å². The molecule has 2 aromatic rings. The van der Waals surface area contributed by atoms with E-state index < -0.39 is 0 Å². The van der Waals surface area contributed by atoms with E-state index in [1.165, 1.54) is 22.3 Å². The summed E-state index contributed by atoms with van der Waals surface area (Å²) in [4.78, 5) is 4.96. The molecule has 1 aliphatic carbocycles. The highest BCUT2D eigenvalue weighted by Crippen LogP contribution is 2.33. The van der Waals surface area contributed by atoms with Gasteiger partial charge in [-0.2, -0.15) is 0 Å². The van der Waals surface area contributed by atoms with E-state index in [-0.39, 0.29) is 5.54 Å². The van der Waals surface area contributed by atoms with Crippen LogP contribution in [0.25, 0.3) is 11.6 Å². The molecule has 0 saturated carbocycles. The fourth-order valence-corrected chi connectivity index (χ4v) is 2.50. The third kappa shape index (κ3) is 2.44. The lowest BCUT2D eigenvalue weighted by atomic mass is 10.00. The summed E-state index contributed by atoms with van der Waals surface area (Å²) in [6, 6.07) is 19.0. The van der Waals surface area contributed by atoms with Crippen molar-refractivity contribution >= 4 is 17.4 Å². The Morgan fingerprint density at radius 3 is 2.15 bits per heavy atom. The Morgan fingerprint density at radius 2 is 1.45 bits per heavy atom. The topological polar surface area (TPSA) is 12.4 Å². The summed E-state index contributed by atoms with van der Waals surface area (Å²) in [7, 11) is 0. The second-order valence-electron chi connectivity index (χ2n) is 6.14. The van der Waals surface area contributed by atoms with Gasteiger partial charge in [-0.3, -0.25) is 4.99 Å². The normalized spacial score (nSPS) is 16.1. The van der Waals surface area contributed by atoms with Crippen molar-refractivity contribution in [2.45, 2.75) is 26.3 Å². The molecule has 0 amide bonds. The van der Waals surface area contributed by atoms with Gasteiger partial charge in [0.15, 0.2) is 0 Å². The Hall–Kier alpha value is -2.15. The van der Waals surface area contributed by atoms with Crippen LogP contribution < -0.4 is 0 Å². The second kappa shape index (κ2) is 4.75. The fourth-order valence-electron chi connectivity index (χ4n) is 2.50. The van der Waals surface area contributed by atoms with Gasteiger partial charge in [0.05, 0.1) is 11.3 Å². The molecule has 0 radical (unpaired) electrons. The number of allylic oxidation sites excluding steroid dienone is 1. The van der Waals surface area contributed by atoms with Crippen LogP contribution in [-0.2, 0) is 0 Å². The third-order valence-electron chi connectivity index (χ3n) is 3.30. The first-order valence-electron chi connectivity index (χ1n) is 7.01. The first-order chi connectivity index (χ1) is 9.54. The van der Waals surface area contributed by atoms with Crippen LogP contribution in [0, 0.1) is 0 Å². The van der Waals surface area contributed by atoms with E-state index in [1.807, 2.05) is 6.07 Å².